The Kier molecular flexibility index (Phi) is 6.47. The average molecular weight is 422 g/mol. The number of rotatable bonds is 7. The molecule has 0 saturated carbocycles. The molecule has 0 atom stereocenters. The van der Waals surface area contributed by atoms with Crippen molar-refractivity contribution in [3.8, 4) is 11.1 Å². The predicted molar refractivity (Wildman–Crippen MR) is 118 cm³/mol. The molecule has 1 saturated heterocycles. The number of aryl methyl sites for hydroxylation is 1. The first-order chi connectivity index (χ1) is 15.1. The maximum Gasteiger partial charge on any atom is 0.226 e. The Morgan fingerprint density at radius 2 is 1.87 bits per heavy atom. The molecular formula is C25H28FN3O2. The van der Waals surface area contributed by atoms with Gasteiger partial charge in [-0.3, -0.25) is 9.48 Å². The van der Waals surface area contributed by atoms with Crippen LogP contribution in [0, 0.1) is 18.2 Å². The number of carbonyl (C=O) groups is 1. The fourth-order valence-electron chi connectivity index (χ4n) is 4.26. The molecule has 0 unspecified atom stereocenters. The molecule has 2 aromatic carbocycles. The molecule has 0 radical (unpaired) electrons. The summed E-state index contributed by atoms with van der Waals surface area (Å²) in [5.74, 6) is -0.188. The zero-order valence-corrected chi connectivity index (χ0v) is 17.8. The van der Waals surface area contributed by atoms with Crippen LogP contribution < -0.4 is 5.32 Å². The molecule has 1 amide bonds. The molecule has 5 nitrogen and oxygen atoms in total. The molecule has 3 aromatic rings. The minimum atomic E-state index is -0.502. The molecule has 0 aliphatic carbocycles. The smallest absolute Gasteiger partial charge is 0.226 e. The van der Waals surface area contributed by atoms with Gasteiger partial charge in [0.1, 0.15) is 5.82 Å². The lowest BCUT2D eigenvalue weighted by Gasteiger charge is -2.36. The first-order valence-electron chi connectivity index (χ1n) is 10.8. The molecule has 1 aromatic heterocycles. The first-order valence-corrected chi connectivity index (χ1v) is 10.8. The summed E-state index contributed by atoms with van der Waals surface area (Å²) in [7, 11) is 0. The highest BCUT2D eigenvalue weighted by molar-refractivity contribution is 5.83. The van der Waals surface area contributed by atoms with Crippen LogP contribution in [0.2, 0.25) is 0 Å². The Labute approximate surface area is 182 Å². The molecule has 6 heteroatoms. The van der Waals surface area contributed by atoms with Crippen LogP contribution in [0.15, 0.2) is 60.8 Å². The Morgan fingerprint density at radius 1 is 1.13 bits per heavy atom. The standard InChI is InChI=1S/C25H28FN3O2/c1-19-8-11-28-29(19)13-12-27-24(30)25(9-14-31-15-10-25)18-20-4-2-5-21(16-20)22-6-3-7-23(26)17-22/h2-8,11,16-17H,9-10,12-15,18H2,1H3,(H,27,30). The third-order valence-electron chi connectivity index (χ3n) is 6.10. The first kappa shape index (κ1) is 21.2. The fourth-order valence-corrected chi connectivity index (χ4v) is 4.26. The molecule has 0 bridgehead atoms. The lowest BCUT2D eigenvalue weighted by atomic mass is 9.74. The number of ether oxygens (including phenoxy) is 1. The van der Waals surface area contributed by atoms with Crippen LogP contribution in [-0.4, -0.2) is 35.4 Å². The molecule has 31 heavy (non-hydrogen) atoms. The summed E-state index contributed by atoms with van der Waals surface area (Å²) in [5.41, 5.74) is 3.43. The van der Waals surface area contributed by atoms with E-state index in [1.807, 2.05) is 41.9 Å². The van der Waals surface area contributed by atoms with Gasteiger partial charge in [-0.15, -0.1) is 0 Å². The van der Waals surface area contributed by atoms with Gasteiger partial charge in [-0.25, -0.2) is 4.39 Å². The zero-order valence-electron chi connectivity index (χ0n) is 17.8. The maximum atomic E-state index is 13.7. The molecule has 2 heterocycles. The molecule has 1 aliphatic rings. The largest absolute Gasteiger partial charge is 0.381 e. The number of halogens is 1. The Bertz CT molecular complexity index is 1040. The molecule has 1 aliphatic heterocycles. The van der Waals surface area contributed by atoms with Crippen molar-refractivity contribution in [2.45, 2.75) is 32.7 Å². The van der Waals surface area contributed by atoms with Gasteiger partial charge in [0.05, 0.1) is 12.0 Å². The number of nitrogens with one attached hydrogen (secondary N) is 1. The summed E-state index contributed by atoms with van der Waals surface area (Å²) in [6.45, 7) is 4.34. The number of hydrogen-bond acceptors (Lipinski definition) is 3. The summed E-state index contributed by atoms with van der Waals surface area (Å²) in [5, 5.41) is 7.40. The highest BCUT2D eigenvalue weighted by Gasteiger charge is 2.40. The van der Waals surface area contributed by atoms with Crippen LogP contribution >= 0.6 is 0 Å². The van der Waals surface area contributed by atoms with E-state index in [4.69, 9.17) is 4.74 Å². The minimum Gasteiger partial charge on any atom is -0.381 e. The van der Waals surface area contributed by atoms with Crippen molar-refractivity contribution in [1.29, 1.82) is 0 Å². The van der Waals surface area contributed by atoms with Gasteiger partial charge in [-0.1, -0.05) is 36.4 Å². The van der Waals surface area contributed by atoms with Crippen LogP contribution in [0.1, 0.15) is 24.1 Å². The van der Waals surface area contributed by atoms with E-state index in [0.717, 1.165) is 22.4 Å². The van der Waals surface area contributed by atoms with Crippen molar-refractivity contribution in [3.05, 3.63) is 77.9 Å². The third-order valence-corrected chi connectivity index (χ3v) is 6.10. The zero-order chi connectivity index (χ0) is 21.7. The second-order valence-electron chi connectivity index (χ2n) is 8.23. The van der Waals surface area contributed by atoms with Gasteiger partial charge in [0.15, 0.2) is 0 Å². The van der Waals surface area contributed by atoms with Crippen LogP contribution in [0.4, 0.5) is 4.39 Å². The van der Waals surface area contributed by atoms with Crippen LogP contribution in [0.5, 0.6) is 0 Å². The lowest BCUT2D eigenvalue weighted by molar-refractivity contribution is -0.136. The molecule has 4 rings (SSSR count). The van der Waals surface area contributed by atoms with E-state index in [2.05, 4.69) is 16.5 Å². The van der Waals surface area contributed by atoms with Crippen molar-refractivity contribution in [3.63, 3.8) is 0 Å². The van der Waals surface area contributed by atoms with E-state index < -0.39 is 5.41 Å². The van der Waals surface area contributed by atoms with Gasteiger partial charge < -0.3 is 10.1 Å². The average Bonchev–Trinajstić information content (AvgIpc) is 3.19. The quantitative estimate of drug-likeness (QED) is 0.623. The van der Waals surface area contributed by atoms with Gasteiger partial charge in [-0.05, 0) is 61.1 Å². The Hall–Kier alpha value is -2.99. The molecule has 162 valence electrons. The minimum absolute atomic E-state index is 0.0665. The molecule has 1 N–H and O–H groups in total. The predicted octanol–water partition coefficient (Wildman–Crippen LogP) is 4.15. The highest BCUT2D eigenvalue weighted by Crippen LogP contribution is 2.35. The van der Waals surface area contributed by atoms with Crippen LogP contribution in [0.3, 0.4) is 0 Å². The second kappa shape index (κ2) is 9.43. The van der Waals surface area contributed by atoms with E-state index in [0.29, 0.717) is 45.6 Å². The van der Waals surface area contributed by atoms with E-state index in [1.54, 1.807) is 12.3 Å². The van der Waals surface area contributed by atoms with Crippen molar-refractivity contribution in [1.82, 2.24) is 15.1 Å². The van der Waals surface area contributed by atoms with E-state index >= 15 is 0 Å². The number of benzene rings is 2. The summed E-state index contributed by atoms with van der Waals surface area (Å²) < 4.78 is 21.1. The number of carbonyl (C=O) groups excluding carboxylic acids is 1. The van der Waals surface area contributed by atoms with E-state index in [-0.39, 0.29) is 11.7 Å². The maximum absolute atomic E-state index is 13.7. The third kappa shape index (κ3) is 5.02. The molecule has 0 spiro atoms. The normalized spacial score (nSPS) is 15.5. The number of hydrogen-bond donors (Lipinski definition) is 1. The van der Waals surface area contributed by atoms with E-state index in [9.17, 15) is 9.18 Å². The van der Waals surface area contributed by atoms with Crippen LogP contribution in [-0.2, 0) is 22.5 Å². The van der Waals surface area contributed by atoms with Gasteiger partial charge in [0.2, 0.25) is 5.91 Å². The lowest BCUT2D eigenvalue weighted by Crippen LogP contribution is -2.47. The fraction of sp³-hybridized carbons (Fsp3) is 0.360. The topological polar surface area (TPSA) is 56.2 Å². The summed E-state index contributed by atoms with van der Waals surface area (Å²) in [6.07, 6.45) is 3.77. The van der Waals surface area contributed by atoms with Crippen LogP contribution in [0.25, 0.3) is 11.1 Å². The van der Waals surface area contributed by atoms with Gasteiger partial charge in [-0.2, -0.15) is 5.10 Å². The Morgan fingerprint density at radius 3 is 2.58 bits per heavy atom. The summed E-state index contributed by atoms with van der Waals surface area (Å²) in [4.78, 5) is 13.3. The SMILES string of the molecule is Cc1ccnn1CCNC(=O)C1(Cc2cccc(-c3cccc(F)c3)c2)CCOCC1. The van der Waals surface area contributed by atoms with Gasteiger partial charge >= 0.3 is 0 Å². The highest BCUT2D eigenvalue weighted by atomic mass is 19.1. The second-order valence-corrected chi connectivity index (χ2v) is 8.23. The van der Waals surface area contributed by atoms with E-state index in [1.165, 1.54) is 12.1 Å². The Balaban J connectivity index is 1.49. The van der Waals surface area contributed by atoms with Gasteiger partial charge in [0, 0.05) is 31.6 Å². The molecular weight excluding hydrogens is 393 g/mol. The number of nitrogens with zero attached hydrogens (tertiary/aromatic N) is 2. The van der Waals surface area contributed by atoms with Crippen molar-refractivity contribution >= 4 is 5.91 Å². The van der Waals surface area contributed by atoms with Crippen molar-refractivity contribution < 1.29 is 13.9 Å². The van der Waals surface area contributed by atoms with Gasteiger partial charge in [0.25, 0.3) is 0 Å². The molecule has 1 fully saturated rings. The summed E-state index contributed by atoms with van der Waals surface area (Å²) in [6, 6.07) is 16.6. The number of amides is 1. The van der Waals surface area contributed by atoms with Crippen molar-refractivity contribution in [2.24, 2.45) is 5.41 Å². The monoisotopic (exact) mass is 421 g/mol. The van der Waals surface area contributed by atoms with Crippen molar-refractivity contribution in [2.75, 3.05) is 19.8 Å². The number of aromatic nitrogens is 2. The summed E-state index contributed by atoms with van der Waals surface area (Å²) >= 11 is 0.